The number of aliphatic carboxylic acids is 4. The lowest BCUT2D eigenvalue weighted by Crippen LogP contribution is -1.93. The van der Waals surface area contributed by atoms with Crippen LogP contribution in [-0.2, 0) is 19.2 Å². The summed E-state index contributed by atoms with van der Waals surface area (Å²) < 4.78 is 0. The Kier molecular flexibility index (Phi) is 77.0. The Hall–Kier alpha value is -2.38. The van der Waals surface area contributed by atoms with E-state index in [0.717, 1.165) is 51.4 Å². The van der Waals surface area contributed by atoms with E-state index in [9.17, 15) is 19.2 Å². The highest BCUT2D eigenvalue weighted by Crippen LogP contribution is 2.16. The summed E-state index contributed by atoms with van der Waals surface area (Å²) in [6, 6.07) is 0. The first-order valence-corrected chi connectivity index (χ1v) is 31.6. The van der Waals surface area contributed by atoms with Gasteiger partial charge in [-0.3, -0.25) is 19.2 Å². The molecule has 8 heteroatoms. The van der Waals surface area contributed by atoms with Crippen molar-refractivity contribution in [2.75, 3.05) is 0 Å². The maximum absolute atomic E-state index is 10.3. The van der Waals surface area contributed by atoms with Crippen LogP contribution in [0.5, 0.6) is 0 Å². The molecule has 0 aliphatic heterocycles. The maximum Gasteiger partial charge on any atom is 0.303 e. The first-order chi connectivity index (χ1) is 35.1. The van der Waals surface area contributed by atoms with Gasteiger partial charge in [-0.15, -0.1) is 0 Å². The Morgan fingerprint density at radius 3 is 0.486 bits per heavy atom. The smallest absolute Gasteiger partial charge is 0.303 e. The summed E-state index contributed by atoms with van der Waals surface area (Å²) in [4.78, 5) is 41.2. The lowest BCUT2D eigenvalue weighted by atomic mass is 10.0. The second-order valence-corrected chi connectivity index (χ2v) is 21.2. The number of carboxylic acid groups (broad SMARTS) is 4. The van der Waals surface area contributed by atoms with Crippen LogP contribution < -0.4 is 0 Å². The Morgan fingerprint density at radius 2 is 0.333 bits per heavy atom. The van der Waals surface area contributed by atoms with Crippen molar-refractivity contribution in [2.24, 2.45) is 0 Å². The van der Waals surface area contributed by atoms with Crippen molar-refractivity contribution in [3.8, 4) is 0 Å². The lowest BCUT2D eigenvalue weighted by molar-refractivity contribution is -0.138. The quantitative estimate of drug-likeness (QED) is 0.0348. The van der Waals surface area contributed by atoms with Crippen LogP contribution in [0.25, 0.3) is 0 Å². The third-order valence-electron chi connectivity index (χ3n) is 13.6. The molecule has 430 valence electrons. The van der Waals surface area contributed by atoms with E-state index in [-0.39, 0.29) is 0 Å². The standard InChI is InChI=1S/C18H36O2.C16H32O2.C16H30O2.C14H28O2/c1-2-3-4-5-6-7-8-9-10-11-12-13-14-15-16-17-18(19)20;2*1-2-3-4-5-6-7-8-9-10-11-12-13-14-15-16(17)18;1-2-3-4-5-6-7-8-9-10-11-12-13-14(15)16/h2-17H2,1H3,(H,19,20);2-15H2,1H3,(H,17,18);7-8H,2-6,9-15H2,1H3,(H,17,18);2-13H2,1H3,(H,15,16)/b;;8-7-;. The van der Waals surface area contributed by atoms with Crippen molar-refractivity contribution in [1.29, 1.82) is 0 Å². The average Bonchev–Trinajstić information content (AvgIpc) is 3.35. The third-order valence-corrected chi connectivity index (χ3v) is 13.6. The zero-order valence-corrected chi connectivity index (χ0v) is 48.8. The molecule has 0 aliphatic rings. The van der Waals surface area contributed by atoms with Crippen molar-refractivity contribution in [1.82, 2.24) is 0 Å². The van der Waals surface area contributed by atoms with Gasteiger partial charge in [0.05, 0.1) is 0 Å². The maximum atomic E-state index is 10.3. The minimum atomic E-state index is -0.666. The molecule has 0 atom stereocenters. The second-order valence-electron chi connectivity index (χ2n) is 21.2. The van der Waals surface area contributed by atoms with Gasteiger partial charge in [0.1, 0.15) is 0 Å². The Morgan fingerprint density at radius 1 is 0.208 bits per heavy atom. The van der Waals surface area contributed by atoms with Crippen LogP contribution in [0.15, 0.2) is 12.2 Å². The lowest BCUT2D eigenvalue weighted by Gasteiger charge is -2.03. The fourth-order valence-corrected chi connectivity index (χ4v) is 8.88. The molecule has 0 rings (SSSR count). The number of unbranched alkanes of at least 4 members (excludes halogenated alkanes) is 45. The molecule has 0 radical (unpaired) electrons. The monoisotopic (exact) mass is 1020 g/mol. The SMILES string of the molecule is CCCCCC/C=C\CCCCCCCC(=O)O.CCCCCCCCCCCCCC(=O)O.CCCCCCCCCCCCCCCC(=O)O.CCCCCCCCCCCCCCCCCC(=O)O. The van der Waals surface area contributed by atoms with Crippen molar-refractivity contribution in [2.45, 2.75) is 374 Å². The molecule has 0 heterocycles. The normalized spacial score (nSPS) is 10.8. The Balaban J connectivity index is -0.000000429. The van der Waals surface area contributed by atoms with Crippen molar-refractivity contribution in [3.63, 3.8) is 0 Å². The van der Waals surface area contributed by atoms with E-state index in [1.807, 2.05) is 0 Å². The molecule has 0 aliphatic carbocycles. The summed E-state index contributed by atoms with van der Waals surface area (Å²) in [5, 5.41) is 33.9. The highest BCUT2D eigenvalue weighted by molar-refractivity contribution is 5.67. The van der Waals surface area contributed by atoms with Gasteiger partial charge in [0.2, 0.25) is 0 Å². The van der Waals surface area contributed by atoms with Gasteiger partial charge in [-0.1, -0.05) is 310 Å². The van der Waals surface area contributed by atoms with Gasteiger partial charge in [-0.05, 0) is 51.4 Å². The first-order valence-electron chi connectivity index (χ1n) is 31.6. The van der Waals surface area contributed by atoms with E-state index in [1.54, 1.807) is 0 Å². The molecular formula is C64H126O8. The highest BCUT2D eigenvalue weighted by atomic mass is 16.4. The molecule has 0 bridgehead atoms. The van der Waals surface area contributed by atoms with Crippen LogP contribution in [0.2, 0.25) is 0 Å². The van der Waals surface area contributed by atoms with Crippen molar-refractivity contribution < 1.29 is 39.6 Å². The van der Waals surface area contributed by atoms with Gasteiger partial charge in [0, 0.05) is 25.7 Å². The van der Waals surface area contributed by atoms with E-state index in [1.165, 1.54) is 270 Å². The molecule has 0 aromatic rings. The molecule has 0 amide bonds. The molecule has 0 unspecified atom stereocenters. The van der Waals surface area contributed by atoms with Crippen LogP contribution in [-0.4, -0.2) is 44.3 Å². The highest BCUT2D eigenvalue weighted by Gasteiger charge is 2.00. The van der Waals surface area contributed by atoms with Crippen LogP contribution in [0.4, 0.5) is 0 Å². The molecule has 0 aromatic heterocycles. The second kappa shape index (κ2) is 72.9. The van der Waals surface area contributed by atoms with Gasteiger partial charge >= 0.3 is 23.9 Å². The number of rotatable bonds is 55. The number of hydrogen-bond donors (Lipinski definition) is 4. The molecule has 0 saturated heterocycles. The van der Waals surface area contributed by atoms with Crippen molar-refractivity contribution >= 4 is 23.9 Å². The fourth-order valence-electron chi connectivity index (χ4n) is 8.88. The Labute approximate surface area is 448 Å². The van der Waals surface area contributed by atoms with Crippen LogP contribution in [0.3, 0.4) is 0 Å². The molecule has 8 nitrogen and oxygen atoms in total. The molecule has 0 aromatic carbocycles. The number of carboxylic acids is 4. The molecule has 4 N–H and O–H groups in total. The van der Waals surface area contributed by atoms with Crippen molar-refractivity contribution in [3.05, 3.63) is 12.2 Å². The summed E-state index contributed by atoms with van der Waals surface area (Å²) in [5.74, 6) is -2.63. The van der Waals surface area contributed by atoms with E-state index < -0.39 is 23.9 Å². The predicted octanol–water partition coefficient (Wildman–Crippen LogP) is 22.0. The fraction of sp³-hybridized carbons (Fsp3) is 0.906. The average molecular weight is 1020 g/mol. The summed E-state index contributed by atoms with van der Waals surface area (Å²) in [7, 11) is 0. The Bertz CT molecular complexity index is 1070. The minimum absolute atomic E-state index is 0.331. The van der Waals surface area contributed by atoms with Gasteiger partial charge in [0.15, 0.2) is 0 Å². The molecule has 0 spiro atoms. The van der Waals surface area contributed by atoms with Crippen LogP contribution in [0.1, 0.15) is 374 Å². The van der Waals surface area contributed by atoms with E-state index in [4.69, 9.17) is 20.4 Å². The molecular weight excluding hydrogens is 897 g/mol. The third kappa shape index (κ3) is 90.4. The summed E-state index contributed by atoms with van der Waals surface area (Å²) >= 11 is 0. The number of allylic oxidation sites excluding steroid dienone is 2. The topological polar surface area (TPSA) is 149 Å². The minimum Gasteiger partial charge on any atom is -0.481 e. The molecule has 0 fully saturated rings. The number of hydrogen-bond acceptors (Lipinski definition) is 4. The van der Waals surface area contributed by atoms with E-state index >= 15 is 0 Å². The molecule has 0 saturated carbocycles. The number of carbonyl (C=O) groups is 4. The zero-order chi connectivity index (χ0) is 53.9. The van der Waals surface area contributed by atoms with Gasteiger partial charge in [-0.25, -0.2) is 0 Å². The van der Waals surface area contributed by atoms with Crippen LogP contribution >= 0.6 is 0 Å². The van der Waals surface area contributed by atoms with E-state index in [2.05, 4.69) is 39.8 Å². The summed E-state index contributed by atoms with van der Waals surface area (Å²) in [5.41, 5.74) is 0. The largest absolute Gasteiger partial charge is 0.481 e. The van der Waals surface area contributed by atoms with E-state index in [0.29, 0.717) is 25.7 Å². The molecule has 72 heavy (non-hydrogen) atoms. The zero-order valence-electron chi connectivity index (χ0n) is 48.8. The first kappa shape index (κ1) is 76.1. The summed E-state index contributed by atoms with van der Waals surface area (Å²) in [6.45, 7) is 9.02. The van der Waals surface area contributed by atoms with Gasteiger partial charge in [0.25, 0.3) is 0 Å². The van der Waals surface area contributed by atoms with Gasteiger partial charge < -0.3 is 20.4 Å². The predicted molar refractivity (Wildman–Crippen MR) is 312 cm³/mol. The van der Waals surface area contributed by atoms with Crippen LogP contribution in [0, 0.1) is 0 Å². The van der Waals surface area contributed by atoms with Gasteiger partial charge in [-0.2, -0.15) is 0 Å². The summed E-state index contributed by atoms with van der Waals surface area (Å²) in [6.07, 6.45) is 70.1.